The number of ether oxygens (including phenoxy) is 1. The van der Waals surface area contributed by atoms with Crippen molar-refractivity contribution in [1.29, 1.82) is 0 Å². The summed E-state index contributed by atoms with van der Waals surface area (Å²) in [6.45, 7) is -0.152. The topological polar surface area (TPSA) is 46.5 Å². The van der Waals surface area contributed by atoms with Crippen LogP contribution in [0.2, 0.25) is 0 Å². The number of carbonyl (C=O) groups excluding carboxylic acids is 1. The van der Waals surface area contributed by atoms with Crippen molar-refractivity contribution in [3.8, 4) is 0 Å². The molecule has 0 bridgehead atoms. The Morgan fingerprint density at radius 1 is 1.29 bits per heavy atom. The van der Waals surface area contributed by atoms with Crippen LogP contribution >= 0.6 is 11.6 Å². The van der Waals surface area contributed by atoms with Gasteiger partial charge in [-0.2, -0.15) is 0 Å². The Hall–Kier alpha value is -1.06. The lowest BCUT2D eigenvalue weighted by Crippen LogP contribution is -2.22. The van der Waals surface area contributed by atoms with E-state index in [1.165, 1.54) is 0 Å². The van der Waals surface area contributed by atoms with Crippen LogP contribution in [-0.2, 0) is 4.74 Å². The fourth-order valence-electron chi connectivity index (χ4n) is 1.45. The maximum Gasteiger partial charge on any atom is 0.338 e. The van der Waals surface area contributed by atoms with Crippen molar-refractivity contribution >= 4 is 17.6 Å². The van der Waals surface area contributed by atoms with E-state index in [2.05, 4.69) is 0 Å². The summed E-state index contributed by atoms with van der Waals surface area (Å²) in [6.07, 6.45) is 1.91. The largest absolute Gasteiger partial charge is 0.456 e. The molecule has 0 aliphatic heterocycles. The van der Waals surface area contributed by atoms with Gasteiger partial charge in [0.2, 0.25) is 0 Å². The highest BCUT2D eigenvalue weighted by Crippen LogP contribution is 2.09. The van der Waals surface area contributed by atoms with Crippen LogP contribution in [-0.4, -0.2) is 29.7 Å². The van der Waals surface area contributed by atoms with Gasteiger partial charge in [0.05, 0.1) is 12.2 Å². The number of hydrogen-bond donors (Lipinski definition) is 1. The Labute approximate surface area is 106 Å². The SMILES string of the molecule is O=C(O[C@H](CO)CCCCCl)c1ccccc1. The molecule has 17 heavy (non-hydrogen) atoms. The molecule has 0 heterocycles. The van der Waals surface area contributed by atoms with Gasteiger partial charge in [0.15, 0.2) is 0 Å². The summed E-state index contributed by atoms with van der Waals surface area (Å²) in [4.78, 5) is 11.7. The molecule has 1 N–H and O–H groups in total. The molecule has 1 atom stereocenters. The molecule has 0 saturated carbocycles. The normalized spacial score (nSPS) is 12.1. The van der Waals surface area contributed by atoms with Crippen LogP contribution in [0.5, 0.6) is 0 Å². The van der Waals surface area contributed by atoms with E-state index in [0.717, 1.165) is 12.8 Å². The van der Waals surface area contributed by atoms with E-state index >= 15 is 0 Å². The Bertz CT molecular complexity index is 327. The van der Waals surface area contributed by atoms with Crippen molar-refractivity contribution in [1.82, 2.24) is 0 Å². The number of halogens is 1. The van der Waals surface area contributed by atoms with Crippen LogP contribution in [0.15, 0.2) is 30.3 Å². The zero-order valence-corrected chi connectivity index (χ0v) is 10.4. The molecule has 4 heteroatoms. The van der Waals surface area contributed by atoms with Crippen molar-refractivity contribution < 1.29 is 14.6 Å². The summed E-state index contributed by atoms with van der Waals surface area (Å²) in [6, 6.07) is 8.77. The number of esters is 1. The highest BCUT2D eigenvalue weighted by molar-refractivity contribution is 6.17. The monoisotopic (exact) mass is 256 g/mol. The Kier molecular flexibility index (Phi) is 6.67. The van der Waals surface area contributed by atoms with Crippen molar-refractivity contribution in [3.05, 3.63) is 35.9 Å². The molecule has 0 aliphatic rings. The molecule has 1 aromatic carbocycles. The molecule has 3 nitrogen and oxygen atoms in total. The van der Waals surface area contributed by atoms with Crippen molar-refractivity contribution in [2.75, 3.05) is 12.5 Å². The van der Waals surface area contributed by atoms with E-state index in [4.69, 9.17) is 21.4 Å². The molecular weight excluding hydrogens is 240 g/mol. The molecule has 0 saturated heterocycles. The number of alkyl halides is 1. The van der Waals surface area contributed by atoms with Crippen LogP contribution in [0.4, 0.5) is 0 Å². The van der Waals surface area contributed by atoms with Crippen molar-refractivity contribution in [2.24, 2.45) is 0 Å². The smallest absolute Gasteiger partial charge is 0.338 e. The lowest BCUT2D eigenvalue weighted by molar-refractivity contribution is 0.0109. The third-order valence-corrected chi connectivity index (χ3v) is 2.66. The molecule has 1 rings (SSSR count). The molecule has 0 unspecified atom stereocenters. The van der Waals surface area contributed by atoms with Gasteiger partial charge in [0.1, 0.15) is 6.10 Å². The van der Waals surface area contributed by atoms with Gasteiger partial charge in [-0.25, -0.2) is 4.79 Å². The third kappa shape index (κ3) is 5.20. The van der Waals surface area contributed by atoms with Crippen molar-refractivity contribution in [2.45, 2.75) is 25.4 Å². The van der Waals surface area contributed by atoms with Gasteiger partial charge >= 0.3 is 5.97 Å². The predicted molar refractivity (Wildman–Crippen MR) is 67.3 cm³/mol. The highest BCUT2D eigenvalue weighted by Gasteiger charge is 2.14. The van der Waals surface area contributed by atoms with Crippen molar-refractivity contribution in [3.63, 3.8) is 0 Å². The summed E-state index contributed by atoms with van der Waals surface area (Å²) in [5.74, 6) is 0.195. The molecule has 0 spiro atoms. The second-order valence-corrected chi connectivity index (χ2v) is 4.14. The standard InChI is InChI=1S/C13H17ClO3/c14-9-5-4-8-12(10-15)17-13(16)11-6-2-1-3-7-11/h1-3,6-7,12,15H,4-5,8-10H2/t12-/m0/s1. The zero-order valence-electron chi connectivity index (χ0n) is 9.64. The summed E-state index contributed by atoms with van der Waals surface area (Å²) >= 11 is 5.56. The number of carbonyl (C=O) groups is 1. The van der Waals surface area contributed by atoms with Gasteiger partial charge in [-0.15, -0.1) is 11.6 Å². The molecule has 1 aromatic rings. The van der Waals surface area contributed by atoms with E-state index in [1.54, 1.807) is 24.3 Å². The molecule has 0 amide bonds. The number of aliphatic hydroxyl groups is 1. The first-order chi connectivity index (χ1) is 8.27. The van der Waals surface area contributed by atoms with Gasteiger partial charge < -0.3 is 9.84 Å². The Balaban J connectivity index is 2.42. The van der Waals surface area contributed by atoms with E-state index < -0.39 is 12.1 Å². The fourth-order valence-corrected chi connectivity index (χ4v) is 1.64. The molecular formula is C13H17ClO3. The molecule has 0 fully saturated rings. The maximum atomic E-state index is 11.7. The van der Waals surface area contributed by atoms with Gasteiger partial charge in [0.25, 0.3) is 0 Å². The lowest BCUT2D eigenvalue weighted by atomic mass is 10.1. The summed E-state index contributed by atoms with van der Waals surface area (Å²) in [5.41, 5.74) is 0.503. The molecule has 0 radical (unpaired) electrons. The summed E-state index contributed by atoms with van der Waals surface area (Å²) < 4.78 is 5.20. The van der Waals surface area contributed by atoms with Gasteiger partial charge in [0, 0.05) is 5.88 Å². The van der Waals surface area contributed by atoms with Gasteiger partial charge in [-0.3, -0.25) is 0 Å². The zero-order chi connectivity index (χ0) is 12.5. The minimum Gasteiger partial charge on any atom is -0.456 e. The predicted octanol–water partition coefficient (Wildman–Crippen LogP) is 2.61. The molecule has 0 aliphatic carbocycles. The summed E-state index contributed by atoms with van der Waals surface area (Å²) in [5, 5.41) is 9.11. The Morgan fingerprint density at radius 3 is 2.59 bits per heavy atom. The first-order valence-corrected chi connectivity index (χ1v) is 6.24. The van der Waals surface area contributed by atoms with E-state index in [9.17, 15) is 4.79 Å². The fraction of sp³-hybridized carbons (Fsp3) is 0.462. The third-order valence-electron chi connectivity index (χ3n) is 2.40. The van der Waals surface area contributed by atoms with Crippen LogP contribution < -0.4 is 0 Å². The highest BCUT2D eigenvalue weighted by atomic mass is 35.5. The minimum absolute atomic E-state index is 0.152. The first-order valence-electron chi connectivity index (χ1n) is 5.70. The second-order valence-electron chi connectivity index (χ2n) is 3.76. The van der Waals surface area contributed by atoms with Gasteiger partial charge in [-0.05, 0) is 31.4 Å². The number of rotatable bonds is 7. The van der Waals surface area contributed by atoms with E-state index in [-0.39, 0.29) is 6.61 Å². The van der Waals surface area contributed by atoms with Gasteiger partial charge in [-0.1, -0.05) is 18.2 Å². The number of unbranched alkanes of at least 4 members (excludes halogenated alkanes) is 1. The van der Waals surface area contributed by atoms with Crippen LogP contribution in [0.3, 0.4) is 0 Å². The van der Waals surface area contributed by atoms with Crippen LogP contribution in [0, 0.1) is 0 Å². The quantitative estimate of drug-likeness (QED) is 0.463. The van der Waals surface area contributed by atoms with Crippen LogP contribution in [0.25, 0.3) is 0 Å². The lowest BCUT2D eigenvalue weighted by Gasteiger charge is -2.15. The molecule has 0 aromatic heterocycles. The van der Waals surface area contributed by atoms with E-state index in [1.807, 2.05) is 6.07 Å². The number of benzene rings is 1. The number of hydrogen-bond acceptors (Lipinski definition) is 3. The van der Waals surface area contributed by atoms with Crippen LogP contribution in [0.1, 0.15) is 29.6 Å². The second kappa shape index (κ2) is 8.09. The minimum atomic E-state index is -0.439. The Morgan fingerprint density at radius 2 is 2.00 bits per heavy atom. The average Bonchev–Trinajstić information content (AvgIpc) is 2.38. The first kappa shape index (κ1) is 14.0. The summed E-state index contributed by atoms with van der Waals surface area (Å²) in [7, 11) is 0. The molecule has 94 valence electrons. The maximum absolute atomic E-state index is 11.7. The average molecular weight is 257 g/mol. The van der Waals surface area contributed by atoms with E-state index in [0.29, 0.717) is 17.9 Å². The number of aliphatic hydroxyl groups excluding tert-OH is 1.